The Morgan fingerprint density at radius 2 is 1.79 bits per heavy atom. The number of aromatic nitrogens is 4. The van der Waals surface area contributed by atoms with Crippen molar-refractivity contribution in [1.82, 2.24) is 24.8 Å². The molecule has 0 saturated carbocycles. The molecule has 4 aromatic rings. The summed E-state index contributed by atoms with van der Waals surface area (Å²) in [7, 11) is 5.54. The molecule has 0 aliphatic heterocycles. The maximum Gasteiger partial charge on any atom is 0.416 e. The average molecular weight is 598 g/mol. The summed E-state index contributed by atoms with van der Waals surface area (Å²) < 4.78 is 61.3. The smallest absolute Gasteiger partial charge is 0.416 e. The lowest BCUT2D eigenvalue weighted by molar-refractivity contribution is -0.137. The van der Waals surface area contributed by atoms with Gasteiger partial charge in [0.1, 0.15) is 12.2 Å². The molecule has 1 amide bonds. The van der Waals surface area contributed by atoms with Gasteiger partial charge in [-0.2, -0.15) is 13.2 Å². The number of hydrogen-bond acceptors (Lipinski definition) is 8. The van der Waals surface area contributed by atoms with Crippen molar-refractivity contribution in [1.29, 1.82) is 0 Å². The third-order valence-electron chi connectivity index (χ3n) is 6.42. The minimum absolute atomic E-state index is 0.0117. The SMILES string of the molecule is CCc1ncnc(-c2cccnc2Oc2cc(NC(=O)c3cc(C(F)(F)F)ccc3N(C)CCCN(C)C)ccc2F)n1. The van der Waals surface area contributed by atoms with E-state index in [9.17, 15) is 22.4 Å². The monoisotopic (exact) mass is 597 g/mol. The Kier molecular flexibility index (Phi) is 9.86. The summed E-state index contributed by atoms with van der Waals surface area (Å²) >= 11 is 0. The van der Waals surface area contributed by atoms with Gasteiger partial charge in [-0.3, -0.25) is 4.79 Å². The molecule has 9 nitrogen and oxygen atoms in total. The Labute approximate surface area is 246 Å². The number of rotatable bonds is 11. The molecule has 0 bridgehead atoms. The highest BCUT2D eigenvalue weighted by molar-refractivity contribution is 6.08. The maximum absolute atomic E-state index is 14.9. The zero-order valence-electron chi connectivity index (χ0n) is 24.1. The molecular weight excluding hydrogens is 566 g/mol. The number of hydrogen-bond donors (Lipinski definition) is 1. The van der Waals surface area contributed by atoms with Gasteiger partial charge in [-0.1, -0.05) is 6.92 Å². The third kappa shape index (κ3) is 8.01. The van der Waals surface area contributed by atoms with Crippen molar-refractivity contribution in [3.05, 3.63) is 83.8 Å². The fourth-order valence-electron chi connectivity index (χ4n) is 4.21. The standard InChI is InChI=1S/C30H31F4N7O2/c1-5-26-36-18-37-27(39-26)21-8-6-13-35-29(21)43-25-17-20(10-11-23(25)31)38-28(42)22-16-19(30(32,33)34)9-12-24(22)41(4)15-7-14-40(2)3/h6,8-13,16-18H,5,7,14-15H2,1-4H3,(H,38,42). The molecular formula is C30H31F4N7O2. The van der Waals surface area contributed by atoms with Gasteiger partial charge in [0.2, 0.25) is 5.88 Å². The Balaban J connectivity index is 1.62. The Morgan fingerprint density at radius 3 is 2.51 bits per heavy atom. The van der Waals surface area contributed by atoms with Crippen molar-refractivity contribution in [2.24, 2.45) is 0 Å². The zero-order chi connectivity index (χ0) is 31.1. The van der Waals surface area contributed by atoms with Crippen LogP contribution in [0, 0.1) is 5.82 Å². The number of alkyl halides is 3. The molecule has 0 unspecified atom stereocenters. The van der Waals surface area contributed by atoms with Crippen molar-refractivity contribution >= 4 is 17.3 Å². The van der Waals surface area contributed by atoms with Crippen LogP contribution in [0.5, 0.6) is 11.6 Å². The summed E-state index contributed by atoms with van der Waals surface area (Å²) in [5.41, 5.74) is -0.323. The van der Waals surface area contributed by atoms with Crippen molar-refractivity contribution < 1.29 is 27.1 Å². The summed E-state index contributed by atoms with van der Waals surface area (Å²) in [6.07, 6.45) is -0.540. The molecule has 0 atom stereocenters. The lowest BCUT2D eigenvalue weighted by Crippen LogP contribution is -2.26. The molecule has 0 radical (unpaired) electrons. The largest absolute Gasteiger partial charge is 0.435 e. The van der Waals surface area contributed by atoms with Gasteiger partial charge in [-0.15, -0.1) is 0 Å². The lowest BCUT2D eigenvalue weighted by atomic mass is 10.1. The van der Waals surface area contributed by atoms with Gasteiger partial charge in [0.25, 0.3) is 5.91 Å². The predicted molar refractivity (Wildman–Crippen MR) is 155 cm³/mol. The highest BCUT2D eigenvalue weighted by atomic mass is 19.4. The Hall–Kier alpha value is -4.65. The maximum atomic E-state index is 14.9. The van der Waals surface area contributed by atoms with Crippen LogP contribution in [-0.4, -0.2) is 65.0 Å². The Morgan fingerprint density at radius 1 is 1.00 bits per heavy atom. The van der Waals surface area contributed by atoms with Crippen molar-refractivity contribution in [2.75, 3.05) is 44.4 Å². The van der Waals surface area contributed by atoms with E-state index in [-0.39, 0.29) is 28.7 Å². The zero-order valence-corrected chi connectivity index (χ0v) is 24.1. The van der Waals surface area contributed by atoms with Crippen LogP contribution < -0.4 is 15.0 Å². The molecule has 0 aliphatic carbocycles. The van der Waals surface area contributed by atoms with E-state index in [0.29, 0.717) is 30.0 Å². The normalized spacial score (nSPS) is 11.5. The van der Waals surface area contributed by atoms with Crippen LogP contribution in [-0.2, 0) is 12.6 Å². The first-order valence-electron chi connectivity index (χ1n) is 13.5. The van der Waals surface area contributed by atoms with E-state index in [1.807, 2.05) is 25.9 Å². The van der Waals surface area contributed by atoms with Gasteiger partial charge in [0.15, 0.2) is 17.4 Å². The molecule has 0 spiro atoms. The highest BCUT2D eigenvalue weighted by Crippen LogP contribution is 2.35. The van der Waals surface area contributed by atoms with E-state index >= 15 is 0 Å². The molecule has 4 rings (SSSR count). The molecule has 43 heavy (non-hydrogen) atoms. The van der Waals surface area contributed by atoms with Crippen LogP contribution in [0.2, 0.25) is 0 Å². The molecule has 0 saturated heterocycles. The number of carbonyl (C=O) groups excluding carboxylic acids is 1. The van der Waals surface area contributed by atoms with Gasteiger partial charge < -0.3 is 19.9 Å². The van der Waals surface area contributed by atoms with E-state index in [1.165, 1.54) is 30.7 Å². The fourth-order valence-corrected chi connectivity index (χ4v) is 4.21. The van der Waals surface area contributed by atoms with Crippen molar-refractivity contribution in [3.8, 4) is 23.0 Å². The summed E-state index contributed by atoms with van der Waals surface area (Å²) in [6, 6.07) is 9.93. The lowest BCUT2D eigenvalue weighted by Gasteiger charge is -2.24. The topological polar surface area (TPSA) is 96.4 Å². The summed E-state index contributed by atoms with van der Waals surface area (Å²) in [6.45, 7) is 3.15. The van der Waals surface area contributed by atoms with E-state index in [0.717, 1.165) is 31.2 Å². The van der Waals surface area contributed by atoms with Crippen LogP contribution in [0.3, 0.4) is 0 Å². The van der Waals surface area contributed by atoms with Crippen LogP contribution in [0.15, 0.2) is 61.1 Å². The molecule has 0 aliphatic rings. The molecule has 0 fully saturated rings. The minimum atomic E-state index is -4.65. The second-order valence-corrected chi connectivity index (χ2v) is 9.94. The van der Waals surface area contributed by atoms with Crippen LogP contribution in [0.25, 0.3) is 11.4 Å². The number of aryl methyl sites for hydroxylation is 1. The first-order chi connectivity index (χ1) is 20.5. The van der Waals surface area contributed by atoms with Crippen molar-refractivity contribution in [3.63, 3.8) is 0 Å². The quantitative estimate of drug-likeness (QED) is 0.208. The van der Waals surface area contributed by atoms with Crippen LogP contribution in [0.4, 0.5) is 28.9 Å². The number of nitrogens with one attached hydrogen (secondary N) is 1. The van der Waals surface area contributed by atoms with Crippen molar-refractivity contribution in [2.45, 2.75) is 25.9 Å². The van der Waals surface area contributed by atoms with Gasteiger partial charge in [0, 0.05) is 43.7 Å². The first kappa shape index (κ1) is 31.3. The second-order valence-electron chi connectivity index (χ2n) is 9.94. The summed E-state index contributed by atoms with van der Waals surface area (Å²) in [4.78, 5) is 33.9. The molecule has 2 aromatic heterocycles. The third-order valence-corrected chi connectivity index (χ3v) is 6.42. The number of amides is 1. The summed E-state index contributed by atoms with van der Waals surface area (Å²) in [5.74, 6) is -0.973. The van der Waals surface area contributed by atoms with E-state index in [4.69, 9.17) is 4.74 Å². The fraction of sp³-hybridized carbons (Fsp3) is 0.300. The van der Waals surface area contributed by atoms with E-state index in [2.05, 4.69) is 25.3 Å². The van der Waals surface area contributed by atoms with E-state index < -0.39 is 23.5 Å². The number of carbonyl (C=O) groups is 1. The summed E-state index contributed by atoms with van der Waals surface area (Å²) in [5, 5.41) is 2.58. The van der Waals surface area contributed by atoms with Gasteiger partial charge in [0.05, 0.1) is 16.7 Å². The molecule has 2 aromatic carbocycles. The van der Waals surface area contributed by atoms with Gasteiger partial charge in [-0.05, 0) is 69.5 Å². The number of nitrogens with zero attached hydrogens (tertiary/aromatic N) is 6. The molecule has 226 valence electrons. The molecule has 2 heterocycles. The van der Waals surface area contributed by atoms with Gasteiger partial charge in [-0.25, -0.2) is 24.3 Å². The number of benzene rings is 2. The molecule has 13 heteroatoms. The first-order valence-corrected chi connectivity index (χ1v) is 13.5. The number of anilines is 2. The van der Waals surface area contributed by atoms with Crippen LogP contribution >= 0.6 is 0 Å². The van der Waals surface area contributed by atoms with Gasteiger partial charge >= 0.3 is 6.18 Å². The highest BCUT2D eigenvalue weighted by Gasteiger charge is 2.32. The Bertz CT molecular complexity index is 1580. The number of ether oxygens (including phenoxy) is 1. The van der Waals surface area contributed by atoms with Crippen LogP contribution in [0.1, 0.15) is 35.1 Å². The predicted octanol–water partition coefficient (Wildman–Crippen LogP) is 6.09. The van der Waals surface area contributed by atoms with E-state index in [1.54, 1.807) is 24.1 Å². The second kappa shape index (κ2) is 13.6. The minimum Gasteiger partial charge on any atom is -0.435 e. The number of halogens is 4. The molecule has 1 N–H and O–H groups in total. The number of pyridine rings is 1. The average Bonchev–Trinajstić information content (AvgIpc) is 2.98.